The molecule has 1 nitrogen and oxygen atoms in total. The summed E-state index contributed by atoms with van der Waals surface area (Å²) in [6, 6.07) is 42.6. The highest BCUT2D eigenvalue weighted by Crippen LogP contribution is 2.35. The Morgan fingerprint density at radius 2 is 0.767 bits per heavy atom. The monoisotopic (exact) mass is 403 g/mol. The van der Waals surface area contributed by atoms with E-state index in [1.807, 2.05) is 17.4 Å². The molecule has 0 aliphatic carbocycles. The van der Waals surface area contributed by atoms with Crippen LogP contribution in [0.15, 0.2) is 121 Å². The highest BCUT2D eigenvalue weighted by molar-refractivity contribution is 7.18. The van der Waals surface area contributed by atoms with E-state index >= 15 is 0 Å². The van der Waals surface area contributed by atoms with Gasteiger partial charge in [-0.25, -0.2) is 0 Å². The van der Waals surface area contributed by atoms with Crippen LogP contribution >= 0.6 is 11.3 Å². The largest absolute Gasteiger partial charge is 0.356 e. The van der Waals surface area contributed by atoms with E-state index in [2.05, 4.69) is 121 Å². The minimum atomic E-state index is 1.09. The quantitative estimate of drug-likeness (QED) is 0.310. The summed E-state index contributed by atoms with van der Waals surface area (Å²) in [5.74, 6) is 0. The van der Waals surface area contributed by atoms with Crippen LogP contribution < -0.4 is 5.32 Å². The third-order valence-corrected chi connectivity index (χ3v) is 6.30. The predicted octanol–water partition coefficient (Wildman–Crippen LogP) is 8.49. The molecule has 1 N–H and O–H groups in total. The molecule has 2 heteroatoms. The van der Waals surface area contributed by atoms with Crippen LogP contribution in [0.2, 0.25) is 0 Å². The fourth-order valence-corrected chi connectivity index (χ4v) is 4.53. The summed E-state index contributed by atoms with van der Waals surface area (Å²) in [4.78, 5) is 2.58. The maximum absolute atomic E-state index is 3.50. The van der Waals surface area contributed by atoms with Crippen molar-refractivity contribution in [2.75, 3.05) is 5.32 Å². The second-order valence-corrected chi connectivity index (χ2v) is 8.26. The van der Waals surface area contributed by atoms with Crippen molar-refractivity contribution < 1.29 is 0 Å². The molecular weight excluding hydrogens is 382 g/mol. The molecular formula is C28H21NS. The third-order valence-electron chi connectivity index (χ3n) is 5.11. The lowest BCUT2D eigenvalue weighted by atomic mass is 10.1. The molecule has 0 spiro atoms. The molecule has 0 amide bonds. The Kier molecular flexibility index (Phi) is 5.15. The standard InChI is InChI=1S/C28H21NS/c1-3-7-21(8-4-1)22-11-15-25(16-12-22)29-26-17-13-24(14-18-26)28-20-19-27(30-28)23-9-5-2-6-10-23/h1-20,29H. The van der Waals surface area contributed by atoms with Gasteiger partial charge in [0, 0.05) is 21.1 Å². The molecule has 0 saturated heterocycles. The molecule has 1 aromatic heterocycles. The minimum absolute atomic E-state index is 1.09. The van der Waals surface area contributed by atoms with Crippen molar-refractivity contribution >= 4 is 22.7 Å². The Labute approximate surface area is 181 Å². The zero-order chi connectivity index (χ0) is 20.2. The second-order valence-electron chi connectivity index (χ2n) is 7.18. The van der Waals surface area contributed by atoms with E-state index in [1.54, 1.807) is 0 Å². The molecule has 0 bridgehead atoms. The molecule has 1 heterocycles. The summed E-state index contributed by atoms with van der Waals surface area (Å²) >= 11 is 1.83. The molecule has 5 aromatic rings. The number of benzene rings is 4. The van der Waals surface area contributed by atoms with Gasteiger partial charge in [-0.05, 0) is 58.7 Å². The van der Waals surface area contributed by atoms with Crippen LogP contribution in [0.1, 0.15) is 0 Å². The van der Waals surface area contributed by atoms with Crippen LogP contribution in [0.3, 0.4) is 0 Å². The third kappa shape index (κ3) is 4.05. The van der Waals surface area contributed by atoms with Gasteiger partial charge in [0.05, 0.1) is 0 Å². The van der Waals surface area contributed by atoms with Gasteiger partial charge in [0.2, 0.25) is 0 Å². The van der Waals surface area contributed by atoms with Gasteiger partial charge >= 0.3 is 0 Å². The average Bonchev–Trinajstić information content (AvgIpc) is 3.32. The van der Waals surface area contributed by atoms with Crippen LogP contribution in [-0.2, 0) is 0 Å². The van der Waals surface area contributed by atoms with E-state index in [0.29, 0.717) is 0 Å². The zero-order valence-corrected chi connectivity index (χ0v) is 17.3. The summed E-state index contributed by atoms with van der Waals surface area (Å²) in [5, 5.41) is 3.50. The predicted molar refractivity (Wildman–Crippen MR) is 130 cm³/mol. The fraction of sp³-hybridized carbons (Fsp3) is 0. The molecule has 144 valence electrons. The molecule has 0 saturated carbocycles. The van der Waals surface area contributed by atoms with Gasteiger partial charge in [0.1, 0.15) is 0 Å². The maximum Gasteiger partial charge on any atom is 0.0384 e. The number of anilines is 2. The van der Waals surface area contributed by atoms with Crippen LogP contribution in [0.4, 0.5) is 11.4 Å². The number of hydrogen-bond donors (Lipinski definition) is 1. The van der Waals surface area contributed by atoms with Crippen molar-refractivity contribution in [3.8, 4) is 32.0 Å². The molecule has 0 unspecified atom stereocenters. The molecule has 0 aliphatic heterocycles. The highest BCUT2D eigenvalue weighted by Gasteiger charge is 2.05. The van der Waals surface area contributed by atoms with Crippen molar-refractivity contribution in [3.63, 3.8) is 0 Å². The first-order valence-electron chi connectivity index (χ1n) is 10.0. The first-order chi connectivity index (χ1) is 14.8. The van der Waals surface area contributed by atoms with Crippen molar-refractivity contribution in [1.29, 1.82) is 0 Å². The Bertz CT molecular complexity index is 1220. The zero-order valence-electron chi connectivity index (χ0n) is 16.5. The molecule has 0 radical (unpaired) electrons. The Hall–Kier alpha value is -3.62. The molecule has 0 fully saturated rings. The Morgan fingerprint density at radius 3 is 1.30 bits per heavy atom. The van der Waals surface area contributed by atoms with E-state index in [1.165, 1.54) is 32.0 Å². The number of rotatable bonds is 5. The van der Waals surface area contributed by atoms with E-state index in [4.69, 9.17) is 0 Å². The van der Waals surface area contributed by atoms with Crippen molar-refractivity contribution in [1.82, 2.24) is 0 Å². The number of thiophene rings is 1. The van der Waals surface area contributed by atoms with Gasteiger partial charge in [0.25, 0.3) is 0 Å². The summed E-state index contributed by atoms with van der Waals surface area (Å²) < 4.78 is 0. The SMILES string of the molecule is c1ccc(-c2ccc(Nc3ccc(-c4ccc(-c5ccccc5)s4)cc3)cc2)cc1. The lowest BCUT2D eigenvalue weighted by molar-refractivity contribution is 1.54. The lowest BCUT2D eigenvalue weighted by Gasteiger charge is -2.09. The van der Waals surface area contributed by atoms with E-state index in [9.17, 15) is 0 Å². The Morgan fingerprint density at radius 1 is 0.367 bits per heavy atom. The number of hydrogen-bond acceptors (Lipinski definition) is 2. The van der Waals surface area contributed by atoms with Gasteiger partial charge in [-0.1, -0.05) is 84.9 Å². The van der Waals surface area contributed by atoms with E-state index in [0.717, 1.165) is 11.4 Å². The molecule has 5 rings (SSSR count). The maximum atomic E-state index is 3.50. The lowest BCUT2D eigenvalue weighted by Crippen LogP contribution is -1.90. The first-order valence-corrected chi connectivity index (χ1v) is 10.8. The summed E-state index contributed by atoms with van der Waals surface area (Å²) in [7, 11) is 0. The van der Waals surface area contributed by atoms with Crippen LogP contribution in [-0.4, -0.2) is 0 Å². The van der Waals surface area contributed by atoms with Crippen LogP contribution in [0, 0.1) is 0 Å². The highest BCUT2D eigenvalue weighted by atomic mass is 32.1. The molecule has 30 heavy (non-hydrogen) atoms. The normalized spacial score (nSPS) is 10.7. The minimum Gasteiger partial charge on any atom is -0.356 e. The van der Waals surface area contributed by atoms with Gasteiger partial charge in [-0.15, -0.1) is 11.3 Å². The fourth-order valence-electron chi connectivity index (χ4n) is 3.51. The van der Waals surface area contributed by atoms with Gasteiger partial charge < -0.3 is 5.32 Å². The Balaban J connectivity index is 1.29. The van der Waals surface area contributed by atoms with Gasteiger partial charge in [-0.3, -0.25) is 0 Å². The molecule has 0 atom stereocenters. The second kappa shape index (κ2) is 8.40. The van der Waals surface area contributed by atoms with E-state index in [-0.39, 0.29) is 0 Å². The van der Waals surface area contributed by atoms with Crippen molar-refractivity contribution in [3.05, 3.63) is 121 Å². The van der Waals surface area contributed by atoms with Crippen LogP contribution in [0.25, 0.3) is 32.0 Å². The van der Waals surface area contributed by atoms with Gasteiger partial charge in [0.15, 0.2) is 0 Å². The molecule has 4 aromatic carbocycles. The number of nitrogens with one attached hydrogen (secondary N) is 1. The molecule has 0 aliphatic rings. The van der Waals surface area contributed by atoms with Gasteiger partial charge in [-0.2, -0.15) is 0 Å². The average molecular weight is 404 g/mol. The summed E-state index contributed by atoms with van der Waals surface area (Å²) in [5.41, 5.74) is 7.15. The van der Waals surface area contributed by atoms with Crippen molar-refractivity contribution in [2.45, 2.75) is 0 Å². The first kappa shape index (κ1) is 18.4. The van der Waals surface area contributed by atoms with Crippen molar-refractivity contribution in [2.24, 2.45) is 0 Å². The van der Waals surface area contributed by atoms with E-state index < -0.39 is 0 Å². The topological polar surface area (TPSA) is 12.0 Å². The van der Waals surface area contributed by atoms with Crippen LogP contribution in [0.5, 0.6) is 0 Å². The summed E-state index contributed by atoms with van der Waals surface area (Å²) in [6.45, 7) is 0. The summed E-state index contributed by atoms with van der Waals surface area (Å²) in [6.07, 6.45) is 0. The smallest absolute Gasteiger partial charge is 0.0384 e.